The number of halogens is 2. The highest BCUT2D eigenvalue weighted by Crippen LogP contribution is 2.36. The summed E-state index contributed by atoms with van der Waals surface area (Å²) in [6, 6.07) is 0. The molecular formula is C14H23F2NO3. The molecule has 0 saturated heterocycles. The van der Waals surface area contributed by atoms with Crippen LogP contribution in [0.1, 0.15) is 46.0 Å². The number of alkyl halides is 2. The van der Waals surface area contributed by atoms with Crippen molar-refractivity contribution in [2.24, 2.45) is 5.92 Å². The van der Waals surface area contributed by atoms with Gasteiger partial charge >= 0.3 is 5.97 Å². The highest BCUT2D eigenvalue weighted by Gasteiger charge is 2.38. The average molecular weight is 291 g/mol. The van der Waals surface area contributed by atoms with E-state index in [-0.39, 0.29) is 44.7 Å². The van der Waals surface area contributed by atoms with Crippen LogP contribution in [0.2, 0.25) is 0 Å². The molecular weight excluding hydrogens is 268 g/mol. The molecule has 1 aliphatic rings. The Labute approximate surface area is 118 Å². The van der Waals surface area contributed by atoms with Gasteiger partial charge in [-0.25, -0.2) is 8.78 Å². The first-order chi connectivity index (χ1) is 9.39. The molecule has 1 amide bonds. The van der Waals surface area contributed by atoms with Crippen molar-refractivity contribution < 1.29 is 23.1 Å². The smallest absolute Gasteiger partial charge is 0.325 e. The molecule has 0 aromatic carbocycles. The molecule has 116 valence electrons. The molecule has 4 nitrogen and oxygen atoms in total. The Balaban J connectivity index is 2.58. The van der Waals surface area contributed by atoms with E-state index in [1.165, 1.54) is 4.90 Å². The van der Waals surface area contributed by atoms with E-state index in [0.29, 0.717) is 13.0 Å². The fourth-order valence-electron chi connectivity index (χ4n) is 2.44. The summed E-state index contributed by atoms with van der Waals surface area (Å²) in [5, 5.41) is 0. The molecule has 0 radical (unpaired) electrons. The lowest BCUT2D eigenvalue weighted by Gasteiger charge is -2.31. The van der Waals surface area contributed by atoms with Crippen LogP contribution in [-0.4, -0.2) is 42.4 Å². The quantitative estimate of drug-likeness (QED) is 0.707. The molecule has 1 rings (SSSR count). The van der Waals surface area contributed by atoms with Crippen LogP contribution < -0.4 is 0 Å². The van der Waals surface area contributed by atoms with Gasteiger partial charge in [0.15, 0.2) is 0 Å². The van der Waals surface area contributed by atoms with Crippen LogP contribution in [0.4, 0.5) is 8.78 Å². The molecule has 0 unspecified atom stereocenters. The highest BCUT2D eigenvalue weighted by molar-refractivity contribution is 5.83. The Bertz CT molecular complexity index is 337. The Hall–Kier alpha value is -1.20. The van der Waals surface area contributed by atoms with Crippen molar-refractivity contribution in [1.82, 2.24) is 4.90 Å². The summed E-state index contributed by atoms with van der Waals surface area (Å²) in [5.74, 6) is -3.69. The van der Waals surface area contributed by atoms with E-state index in [2.05, 4.69) is 0 Å². The van der Waals surface area contributed by atoms with Crippen molar-refractivity contribution in [2.75, 3.05) is 19.7 Å². The number of carbonyl (C=O) groups is 2. The van der Waals surface area contributed by atoms with Gasteiger partial charge in [-0.05, 0) is 26.2 Å². The standard InChI is InChI=1S/C14H23F2NO3/c1-3-9-17(10-12(18)20-4-2)13(19)11-5-7-14(15,16)8-6-11/h11H,3-10H2,1-2H3. The molecule has 0 bridgehead atoms. The van der Waals surface area contributed by atoms with E-state index in [9.17, 15) is 18.4 Å². The normalized spacial score (nSPS) is 18.6. The lowest BCUT2D eigenvalue weighted by Crippen LogP contribution is -2.42. The number of hydrogen-bond donors (Lipinski definition) is 0. The second kappa shape index (κ2) is 7.55. The highest BCUT2D eigenvalue weighted by atomic mass is 19.3. The molecule has 0 aromatic heterocycles. The third kappa shape index (κ3) is 5.06. The summed E-state index contributed by atoms with van der Waals surface area (Å²) in [7, 11) is 0. The maximum atomic E-state index is 13.1. The van der Waals surface area contributed by atoms with Crippen molar-refractivity contribution >= 4 is 11.9 Å². The third-order valence-electron chi connectivity index (χ3n) is 3.50. The lowest BCUT2D eigenvalue weighted by atomic mass is 9.86. The minimum atomic E-state index is -2.65. The van der Waals surface area contributed by atoms with Crippen LogP contribution in [-0.2, 0) is 14.3 Å². The Morgan fingerprint density at radius 1 is 1.25 bits per heavy atom. The molecule has 0 N–H and O–H groups in total. The van der Waals surface area contributed by atoms with E-state index < -0.39 is 17.8 Å². The fraction of sp³-hybridized carbons (Fsp3) is 0.857. The summed E-state index contributed by atoms with van der Waals surface area (Å²) in [6.07, 6.45) is 0.601. The monoisotopic (exact) mass is 291 g/mol. The van der Waals surface area contributed by atoms with Crippen LogP contribution in [0, 0.1) is 5.92 Å². The van der Waals surface area contributed by atoms with Crippen molar-refractivity contribution in [3.05, 3.63) is 0 Å². The predicted molar refractivity (Wildman–Crippen MR) is 70.4 cm³/mol. The van der Waals surface area contributed by atoms with Gasteiger partial charge in [0, 0.05) is 25.3 Å². The summed E-state index contributed by atoms with van der Waals surface area (Å²) < 4.78 is 31.0. The molecule has 0 heterocycles. The molecule has 0 aromatic rings. The van der Waals surface area contributed by atoms with Gasteiger partial charge in [-0.2, -0.15) is 0 Å². The molecule has 1 fully saturated rings. The molecule has 6 heteroatoms. The first-order valence-electron chi connectivity index (χ1n) is 7.22. The van der Waals surface area contributed by atoms with Crippen molar-refractivity contribution in [3.63, 3.8) is 0 Å². The van der Waals surface area contributed by atoms with Crippen LogP contribution in [0.3, 0.4) is 0 Å². The van der Waals surface area contributed by atoms with Crippen LogP contribution in [0.25, 0.3) is 0 Å². The van der Waals surface area contributed by atoms with Crippen LogP contribution in [0.15, 0.2) is 0 Å². The second-order valence-electron chi connectivity index (χ2n) is 5.20. The number of hydrogen-bond acceptors (Lipinski definition) is 3. The Morgan fingerprint density at radius 3 is 2.35 bits per heavy atom. The molecule has 0 spiro atoms. The summed E-state index contributed by atoms with van der Waals surface area (Å²) in [5.41, 5.74) is 0. The van der Waals surface area contributed by atoms with E-state index in [0.717, 1.165) is 0 Å². The fourth-order valence-corrected chi connectivity index (χ4v) is 2.44. The number of nitrogens with zero attached hydrogens (tertiary/aromatic N) is 1. The van der Waals surface area contributed by atoms with Crippen LogP contribution >= 0.6 is 0 Å². The molecule has 0 aliphatic heterocycles. The van der Waals surface area contributed by atoms with Crippen molar-refractivity contribution in [2.45, 2.75) is 51.9 Å². The minimum absolute atomic E-state index is 0.0899. The van der Waals surface area contributed by atoms with Gasteiger partial charge in [0.1, 0.15) is 6.54 Å². The third-order valence-corrected chi connectivity index (χ3v) is 3.50. The van der Waals surface area contributed by atoms with Gasteiger partial charge in [0.2, 0.25) is 11.8 Å². The lowest BCUT2D eigenvalue weighted by molar-refractivity contribution is -0.151. The first-order valence-corrected chi connectivity index (χ1v) is 7.22. The zero-order chi connectivity index (χ0) is 15.2. The molecule has 1 saturated carbocycles. The summed E-state index contributed by atoms with van der Waals surface area (Å²) in [4.78, 5) is 25.2. The average Bonchev–Trinajstić information content (AvgIpc) is 2.38. The zero-order valence-electron chi connectivity index (χ0n) is 12.2. The van der Waals surface area contributed by atoms with Gasteiger partial charge in [0.25, 0.3) is 0 Å². The van der Waals surface area contributed by atoms with Gasteiger partial charge in [-0.15, -0.1) is 0 Å². The molecule has 1 aliphatic carbocycles. The van der Waals surface area contributed by atoms with E-state index in [4.69, 9.17) is 4.74 Å². The van der Waals surface area contributed by atoms with Crippen LogP contribution in [0.5, 0.6) is 0 Å². The topological polar surface area (TPSA) is 46.6 Å². The van der Waals surface area contributed by atoms with E-state index in [1.54, 1.807) is 6.92 Å². The van der Waals surface area contributed by atoms with E-state index >= 15 is 0 Å². The van der Waals surface area contributed by atoms with Crippen molar-refractivity contribution in [1.29, 1.82) is 0 Å². The summed E-state index contributed by atoms with van der Waals surface area (Å²) in [6.45, 7) is 4.23. The van der Waals surface area contributed by atoms with Gasteiger partial charge in [-0.1, -0.05) is 6.92 Å². The summed E-state index contributed by atoms with van der Waals surface area (Å²) >= 11 is 0. The van der Waals surface area contributed by atoms with E-state index in [1.807, 2.05) is 6.92 Å². The number of carbonyl (C=O) groups excluding carboxylic acids is 2. The number of ether oxygens (including phenoxy) is 1. The number of amides is 1. The Morgan fingerprint density at radius 2 is 1.85 bits per heavy atom. The number of esters is 1. The molecule has 20 heavy (non-hydrogen) atoms. The Kier molecular flexibility index (Phi) is 6.36. The largest absolute Gasteiger partial charge is 0.465 e. The van der Waals surface area contributed by atoms with Crippen molar-refractivity contribution in [3.8, 4) is 0 Å². The SMILES string of the molecule is CCCN(CC(=O)OCC)C(=O)C1CCC(F)(F)CC1. The molecule has 0 atom stereocenters. The predicted octanol–water partition coefficient (Wildman–Crippen LogP) is 2.61. The number of rotatable bonds is 6. The first kappa shape index (κ1) is 16.9. The maximum absolute atomic E-state index is 13.1. The minimum Gasteiger partial charge on any atom is -0.465 e. The van der Waals surface area contributed by atoms with Gasteiger partial charge in [0.05, 0.1) is 6.61 Å². The van der Waals surface area contributed by atoms with Gasteiger partial charge in [-0.3, -0.25) is 9.59 Å². The second-order valence-corrected chi connectivity index (χ2v) is 5.20. The van der Waals surface area contributed by atoms with Gasteiger partial charge < -0.3 is 9.64 Å². The zero-order valence-corrected chi connectivity index (χ0v) is 12.2. The maximum Gasteiger partial charge on any atom is 0.325 e.